The first-order valence-corrected chi connectivity index (χ1v) is 5.80. The van der Waals surface area contributed by atoms with Crippen molar-refractivity contribution in [2.75, 3.05) is 19.8 Å². The Morgan fingerprint density at radius 2 is 2.27 bits per heavy atom. The van der Waals surface area contributed by atoms with Crippen LogP contribution in [0.25, 0.3) is 0 Å². The maximum Gasteiger partial charge on any atom is 0.246 e. The van der Waals surface area contributed by atoms with E-state index in [1.54, 1.807) is 0 Å². The minimum absolute atomic E-state index is 0.0157. The SMILES string of the molecule is CCOCC(=O)NC1CCOC1C1CC1. The summed E-state index contributed by atoms with van der Waals surface area (Å²) in [5, 5.41) is 3.00. The largest absolute Gasteiger partial charge is 0.376 e. The maximum absolute atomic E-state index is 11.5. The van der Waals surface area contributed by atoms with Crippen LogP contribution in [0.1, 0.15) is 26.2 Å². The van der Waals surface area contributed by atoms with Crippen molar-refractivity contribution in [1.29, 1.82) is 0 Å². The summed E-state index contributed by atoms with van der Waals surface area (Å²) >= 11 is 0. The number of hydrogen-bond donors (Lipinski definition) is 1. The maximum atomic E-state index is 11.5. The van der Waals surface area contributed by atoms with Crippen molar-refractivity contribution >= 4 is 5.91 Å². The average Bonchev–Trinajstić information content (AvgIpc) is 2.97. The highest BCUT2D eigenvalue weighted by molar-refractivity contribution is 5.77. The lowest BCUT2D eigenvalue weighted by molar-refractivity contribution is -0.126. The number of carbonyl (C=O) groups is 1. The summed E-state index contributed by atoms with van der Waals surface area (Å²) < 4.78 is 10.7. The molecule has 1 saturated carbocycles. The Labute approximate surface area is 90.3 Å². The predicted octanol–water partition coefficient (Wildman–Crippen LogP) is 0.707. The molecule has 2 rings (SSSR count). The molecule has 4 nitrogen and oxygen atoms in total. The van der Waals surface area contributed by atoms with E-state index in [2.05, 4.69) is 5.32 Å². The monoisotopic (exact) mass is 213 g/mol. The van der Waals surface area contributed by atoms with Gasteiger partial charge in [0.15, 0.2) is 0 Å². The lowest BCUT2D eigenvalue weighted by Gasteiger charge is -2.19. The fourth-order valence-electron chi connectivity index (χ4n) is 2.10. The number of rotatable bonds is 5. The Morgan fingerprint density at radius 3 is 2.93 bits per heavy atom. The van der Waals surface area contributed by atoms with E-state index < -0.39 is 0 Å². The zero-order valence-electron chi connectivity index (χ0n) is 9.20. The van der Waals surface area contributed by atoms with E-state index in [1.807, 2.05) is 6.92 Å². The van der Waals surface area contributed by atoms with Crippen LogP contribution in [0, 0.1) is 5.92 Å². The summed E-state index contributed by atoms with van der Waals surface area (Å²) in [5.41, 5.74) is 0. The topological polar surface area (TPSA) is 47.6 Å². The van der Waals surface area contributed by atoms with Gasteiger partial charge in [-0.25, -0.2) is 0 Å². The first-order valence-electron chi connectivity index (χ1n) is 5.80. The van der Waals surface area contributed by atoms with Gasteiger partial charge < -0.3 is 14.8 Å². The van der Waals surface area contributed by atoms with Crippen molar-refractivity contribution in [2.24, 2.45) is 5.92 Å². The highest BCUT2D eigenvalue weighted by atomic mass is 16.5. The van der Waals surface area contributed by atoms with Crippen LogP contribution >= 0.6 is 0 Å². The lowest BCUT2D eigenvalue weighted by Crippen LogP contribution is -2.43. The van der Waals surface area contributed by atoms with Gasteiger partial charge in [0, 0.05) is 13.2 Å². The minimum Gasteiger partial charge on any atom is -0.376 e. The van der Waals surface area contributed by atoms with Crippen LogP contribution in [-0.4, -0.2) is 37.9 Å². The van der Waals surface area contributed by atoms with Gasteiger partial charge in [-0.2, -0.15) is 0 Å². The molecule has 1 saturated heterocycles. The molecular weight excluding hydrogens is 194 g/mol. The van der Waals surface area contributed by atoms with Crippen LogP contribution in [0.4, 0.5) is 0 Å². The summed E-state index contributed by atoms with van der Waals surface area (Å²) in [7, 11) is 0. The van der Waals surface area contributed by atoms with E-state index in [0.717, 1.165) is 13.0 Å². The molecule has 4 heteroatoms. The summed E-state index contributed by atoms with van der Waals surface area (Å²) in [6, 6.07) is 0.213. The van der Waals surface area contributed by atoms with E-state index in [0.29, 0.717) is 12.5 Å². The molecule has 0 bridgehead atoms. The zero-order chi connectivity index (χ0) is 10.7. The standard InChI is InChI=1S/C11H19NO3/c1-2-14-7-10(13)12-9-5-6-15-11(9)8-3-4-8/h8-9,11H,2-7H2,1H3,(H,12,13). The molecule has 0 aromatic rings. The third-order valence-electron chi connectivity index (χ3n) is 3.01. The Hall–Kier alpha value is -0.610. The molecule has 1 N–H and O–H groups in total. The second kappa shape index (κ2) is 4.94. The van der Waals surface area contributed by atoms with Crippen molar-refractivity contribution in [2.45, 2.75) is 38.3 Å². The molecule has 2 aliphatic rings. The molecule has 0 radical (unpaired) electrons. The molecule has 15 heavy (non-hydrogen) atoms. The van der Waals surface area contributed by atoms with Crippen LogP contribution in [-0.2, 0) is 14.3 Å². The van der Waals surface area contributed by atoms with Gasteiger partial charge in [0.1, 0.15) is 6.61 Å². The molecular formula is C11H19NO3. The van der Waals surface area contributed by atoms with Crippen LogP contribution in [0.15, 0.2) is 0 Å². The third-order valence-corrected chi connectivity index (χ3v) is 3.01. The van der Waals surface area contributed by atoms with Crippen molar-refractivity contribution in [3.63, 3.8) is 0 Å². The number of ether oxygens (including phenoxy) is 2. The van der Waals surface area contributed by atoms with Crippen LogP contribution < -0.4 is 5.32 Å². The highest BCUT2D eigenvalue weighted by Gasteiger charge is 2.41. The molecule has 0 aromatic carbocycles. The summed E-state index contributed by atoms with van der Waals surface area (Å²) in [5.74, 6) is 0.669. The molecule has 1 heterocycles. The second-order valence-electron chi connectivity index (χ2n) is 4.27. The molecule has 1 amide bonds. The fourth-order valence-corrected chi connectivity index (χ4v) is 2.10. The van der Waals surface area contributed by atoms with Crippen molar-refractivity contribution < 1.29 is 14.3 Å². The predicted molar refractivity (Wildman–Crippen MR) is 55.5 cm³/mol. The van der Waals surface area contributed by atoms with Gasteiger partial charge in [0.25, 0.3) is 0 Å². The average molecular weight is 213 g/mol. The van der Waals surface area contributed by atoms with Crippen LogP contribution in [0.3, 0.4) is 0 Å². The first kappa shape index (κ1) is 10.9. The molecule has 1 aliphatic carbocycles. The van der Waals surface area contributed by atoms with Crippen LogP contribution in [0.5, 0.6) is 0 Å². The van der Waals surface area contributed by atoms with E-state index in [1.165, 1.54) is 12.8 Å². The van der Waals surface area contributed by atoms with Crippen molar-refractivity contribution in [1.82, 2.24) is 5.32 Å². The van der Waals surface area contributed by atoms with E-state index in [-0.39, 0.29) is 24.7 Å². The second-order valence-corrected chi connectivity index (χ2v) is 4.27. The molecule has 0 aromatic heterocycles. The van der Waals surface area contributed by atoms with E-state index in [9.17, 15) is 4.79 Å². The normalized spacial score (nSPS) is 30.5. The molecule has 2 fully saturated rings. The molecule has 2 unspecified atom stereocenters. The Morgan fingerprint density at radius 1 is 1.47 bits per heavy atom. The number of nitrogens with one attached hydrogen (secondary N) is 1. The van der Waals surface area contributed by atoms with E-state index >= 15 is 0 Å². The van der Waals surface area contributed by atoms with Gasteiger partial charge in [-0.3, -0.25) is 4.79 Å². The number of carbonyl (C=O) groups excluding carboxylic acids is 1. The number of amides is 1. The molecule has 86 valence electrons. The van der Waals surface area contributed by atoms with Gasteiger partial charge >= 0.3 is 0 Å². The highest BCUT2D eigenvalue weighted by Crippen LogP contribution is 2.38. The smallest absolute Gasteiger partial charge is 0.246 e. The van der Waals surface area contributed by atoms with E-state index in [4.69, 9.17) is 9.47 Å². The van der Waals surface area contributed by atoms with Crippen LogP contribution in [0.2, 0.25) is 0 Å². The van der Waals surface area contributed by atoms with Gasteiger partial charge in [0.2, 0.25) is 5.91 Å². The Bertz CT molecular complexity index is 228. The molecule has 2 atom stereocenters. The lowest BCUT2D eigenvalue weighted by atomic mass is 10.1. The fraction of sp³-hybridized carbons (Fsp3) is 0.909. The summed E-state index contributed by atoms with van der Waals surface area (Å²) in [6.07, 6.45) is 3.71. The van der Waals surface area contributed by atoms with Gasteiger partial charge in [-0.15, -0.1) is 0 Å². The molecule has 0 spiro atoms. The zero-order valence-corrected chi connectivity index (χ0v) is 9.20. The molecule has 1 aliphatic heterocycles. The third kappa shape index (κ3) is 2.92. The van der Waals surface area contributed by atoms with Gasteiger partial charge in [-0.05, 0) is 32.1 Å². The van der Waals surface area contributed by atoms with Crippen molar-refractivity contribution in [3.05, 3.63) is 0 Å². The van der Waals surface area contributed by atoms with Gasteiger partial charge in [-0.1, -0.05) is 0 Å². The first-order chi connectivity index (χ1) is 7.31. The quantitative estimate of drug-likeness (QED) is 0.731. The number of hydrogen-bond acceptors (Lipinski definition) is 3. The Balaban J connectivity index is 1.74. The van der Waals surface area contributed by atoms with Crippen molar-refractivity contribution in [3.8, 4) is 0 Å². The summed E-state index contributed by atoms with van der Waals surface area (Å²) in [6.45, 7) is 3.42. The Kier molecular flexibility index (Phi) is 3.59. The minimum atomic E-state index is -0.0157. The summed E-state index contributed by atoms with van der Waals surface area (Å²) in [4.78, 5) is 11.5. The van der Waals surface area contributed by atoms with Gasteiger partial charge in [0.05, 0.1) is 12.1 Å².